The Hall–Kier alpha value is -3.27. The molecular weight excluding hydrogens is 580 g/mol. The minimum Gasteiger partial charge on any atom is -0.494 e. The van der Waals surface area contributed by atoms with Crippen molar-refractivity contribution in [3.63, 3.8) is 0 Å². The summed E-state index contributed by atoms with van der Waals surface area (Å²) < 4.78 is 31.7. The summed E-state index contributed by atoms with van der Waals surface area (Å²) in [5, 5.41) is 22.8. The van der Waals surface area contributed by atoms with Gasteiger partial charge in [0.1, 0.15) is 29.7 Å². The molecule has 0 aromatic heterocycles. The van der Waals surface area contributed by atoms with E-state index in [0.717, 1.165) is 28.0 Å². The number of hydrogen-bond acceptors (Lipinski definition) is 7. The molecule has 2 fully saturated rings. The molecule has 5 atom stereocenters. The molecule has 8 heteroatoms. The third-order valence-corrected chi connectivity index (χ3v) is 8.68. The minimum atomic E-state index is -1.48. The molecule has 7 nitrogen and oxygen atoms in total. The van der Waals surface area contributed by atoms with E-state index in [2.05, 4.69) is 0 Å². The van der Waals surface area contributed by atoms with Gasteiger partial charge in [-0.05, 0) is 59.9 Å². The summed E-state index contributed by atoms with van der Waals surface area (Å²) >= 11 is 6.72. The summed E-state index contributed by atoms with van der Waals surface area (Å²) in [5.74, 6) is -0.667. The summed E-state index contributed by atoms with van der Waals surface area (Å²) in [4.78, 5) is 0. The zero-order valence-corrected chi connectivity index (χ0v) is 25.4. The highest BCUT2D eigenvalue weighted by Gasteiger charge is 2.68. The van der Waals surface area contributed by atoms with Crippen molar-refractivity contribution in [2.24, 2.45) is 0 Å². The van der Waals surface area contributed by atoms with Crippen LogP contribution in [0.2, 0.25) is 5.02 Å². The van der Waals surface area contributed by atoms with E-state index in [-0.39, 0.29) is 19.8 Å². The van der Waals surface area contributed by atoms with Crippen LogP contribution in [0.1, 0.15) is 34.7 Å². The van der Waals surface area contributed by atoms with E-state index in [4.69, 9.17) is 35.3 Å². The van der Waals surface area contributed by atoms with Gasteiger partial charge in [-0.15, -0.1) is 0 Å². The summed E-state index contributed by atoms with van der Waals surface area (Å²) in [5.41, 5.74) is 3.08. The molecule has 0 saturated carbocycles. The second kappa shape index (κ2) is 13.4. The lowest BCUT2D eigenvalue weighted by molar-refractivity contribution is -0.347. The molecule has 6 rings (SSSR count). The van der Waals surface area contributed by atoms with Gasteiger partial charge in [-0.2, -0.15) is 0 Å². The van der Waals surface area contributed by atoms with Crippen molar-refractivity contribution in [3.05, 3.63) is 136 Å². The predicted octanol–water partition coefficient (Wildman–Crippen LogP) is 5.81. The summed E-state index contributed by atoms with van der Waals surface area (Å²) in [6.45, 7) is 2.52. The van der Waals surface area contributed by atoms with Crippen LogP contribution in [0.15, 0.2) is 103 Å². The zero-order valence-electron chi connectivity index (χ0n) is 24.6. The quantitative estimate of drug-likeness (QED) is 0.208. The van der Waals surface area contributed by atoms with Crippen LogP contribution in [-0.2, 0) is 44.4 Å². The number of aliphatic hydroxyl groups excluding tert-OH is 2. The fourth-order valence-electron chi connectivity index (χ4n) is 5.96. The molecule has 2 heterocycles. The van der Waals surface area contributed by atoms with Crippen LogP contribution < -0.4 is 4.74 Å². The van der Waals surface area contributed by atoms with Crippen LogP contribution in [0.3, 0.4) is 0 Å². The first-order chi connectivity index (χ1) is 21.5. The Morgan fingerprint density at radius 2 is 1.50 bits per heavy atom. The molecule has 0 aliphatic carbocycles. The van der Waals surface area contributed by atoms with E-state index in [9.17, 15) is 10.2 Å². The fraction of sp³-hybridized carbons (Fsp3) is 0.333. The summed E-state index contributed by atoms with van der Waals surface area (Å²) in [6.07, 6.45) is -2.43. The molecule has 0 amide bonds. The maximum atomic E-state index is 11.7. The lowest BCUT2D eigenvalue weighted by Gasteiger charge is -2.49. The van der Waals surface area contributed by atoms with Crippen LogP contribution in [0, 0.1) is 0 Å². The van der Waals surface area contributed by atoms with Crippen molar-refractivity contribution in [3.8, 4) is 5.75 Å². The van der Waals surface area contributed by atoms with Crippen LogP contribution in [-0.4, -0.2) is 53.9 Å². The SMILES string of the molecule is CCOc1ccc(Cc2cc([C@]34OC[C@](CO)(O3)[C@@H](O)[C@H](OCc3ccccc3)[C@H]4OCc3ccccc3)ccc2Cl)cc1. The third-order valence-electron chi connectivity index (χ3n) is 8.31. The molecule has 230 valence electrons. The van der Waals surface area contributed by atoms with Crippen LogP contribution >= 0.6 is 11.6 Å². The average Bonchev–Trinajstić information content (AvgIpc) is 3.43. The van der Waals surface area contributed by atoms with Gasteiger partial charge in [0, 0.05) is 10.6 Å². The predicted molar refractivity (Wildman–Crippen MR) is 166 cm³/mol. The Balaban J connectivity index is 1.37. The number of hydrogen-bond donors (Lipinski definition) is 2. The monoisotopic (exact) mass is 616 g/mol. The molecule has 2 N–H and O–H groups in total. The van der Waals surface area contributed by atoms with Gasteiger partial charge >= 0.3 is 0 Å². The van der Waals surface area contributed by atoms with E-state index in [1.54, 1.807) is 0 Å². The van der Waals surface area contributed by atoms with Crippen molar-refractivity contribution in [2.45, 2.75) is 56.3 Å². The lowest BCUT2D eigenvalue weighted by Crippen LogP contribution is -2.66. The highest BCUT2D eigenvalue weighted by Crippen LogP contribution is 2.52. The van der Waals surface area contributed by atoms with Crippen LogP contribution in [0.5, 0.6) is 5.75 Å². The topological polar surface area (TPSA) is 86.6 Å². The molecule has 44 heavy (non-hydrogen) atoms. The van der Waals surface area contributed by atoms with Crippen LogP contribution in [0.4, 0.5) is 0 Å². The number of ether oxygens (including phenoxy) is 5. The van der Waals surface area contributed by atoms with E-state index < -0.39 is 36.3 Å². The van der Waals surface area contributed by atoms with Gasteiger partial charge in [0.2, 0.25) is 5.79 Å². The van der Waals surface area contributed by atoms with Crippen molar-refractivity contribution in [1.82, 2.24) is 0 Å². The second-order valence-corrected chi connectivity index (χ2v) is 11.7. The van der Waals surface area contributed by atoms with Gasteiger partial charge in [-0.1, -0.05) is 90.5 Å². The fourth-order valence-corrected chi connectivity index (χ4v) is 6.15. The smallest absolute Gasteiger partial charge is 0.225 e. The third kappa shape index (κ3) is 6.14. The highest BCUT2D eigenvalue weighted by atomic mass is 35.5. The Kier molecular flexibility index (Phi) is 9.35. The van der Waals surface area contributed by atoms with E-state index in [0.29, 0.717) is 23.6 Å². The molecule has 4 aromatic carbocycles. The number of fused-ring (bicyclic) bond motifs is 2. The first-order valence-electron chi connectivity index (χ1n) is 14.9. The largest absolute Gasteiger partial charge is 0.494 e. The van der Waals surface area contributed by atoms with E-state index in [1.165, 1.54) is 0 Å². The normalized spacial score (nSPS) is 26.0. The maximum Gasteiger partial charge on any atom is 0.225 e. The van der Waals surface area contributed by atoms with Crippen molar-refractivity contribution in [1.29, 1.82) is 0 Å². The number of benzene rings is 4. The first-order valence-corrected chi connectivity index (χ1v) is 15.3. The van der Waals surface area contributed by atoms with Crippen LogP contribution in [0.25, 0.3) is 0 Å². The molecule has 0 unspecified atom stereocenters. The van der Waals surface area contributed by atoms with Gasteiger partial charge in [-0.3, -0.25) is 0 Å². The van der Waals surface area contributed by atoms with Gasteiger partial charge < -0.3 is 33.9 Å². The molecule has 0 spiro atoms. The zero-order chi connectivity index (χ0) is 30.6. The Morgan fingerprint density at radius 3 is 2.14 bits per heavy atom. The molecule has 2 aliphatic heterocycles. The Labute approximate surface area is 262 Å². The van der Waals surface area contributed by atoms with Crippen molar-refractivity contribution >= 4 is 11.6 Å². The van der Waals surface area contributed by atoms with Crippen molar-refractivity contribution < 1.29 is 33.9 Å². The number of rotatable bonds is 12. The Morgan fingerprint density at radius 1 is 0.841 bits per heavy atom. The molecule has 4 aromatic rings. The number of aliphatic hydroxyl groups is 2. The number of halogens is 1. The summed E-state index contributed by atoms with van der Waals surface area (Å²) in [6, 6.07) is 33.0. The van der Waals surface area contributed by atoms with Gasteiger partial charge in [0.05, 0.1) is 33.0 Å². The molecule has 2 aliphatic rings. The molecular formula is C36H37ClO7. The molecule has 2 saturated heterocycles. The molecule has 2 bridgehead atoms. The van der Waals surface area contributed by atoms with Gasteiger partial charge in [-0.25, -0.2) is 0 Å². The second-order valence-electron chi connectivity index (χ2n) is 11.3. The standard InChI is InChI=1S/C36H37ClO7/c1-2-40-30-16-13-25(14-17-30)19-28-20-29(15-18-31(28)37)36-34(42-22-27-11-7-4-8-12-27)32(41-21-26-9-5-3-6-10-26)33(39)35(23-38,44-36)24-43-36/h3-18,20,32-34,38-39H,2,19,21-24H2,1H3/t32-,33-,34+,35-,36-/m0/s1. The minimum absolute atomic E-state index is 0.0437. The highest BCUT2D eigenvalue weighted by molar-refractivity contribution is 6.31. The Bertz CT molecular complexity index is 1520. The summed E-state index contributed by atoms with van der Waals surface area (Å²) in [7, 11) is 0. The van der Waals surface area contributed by atoms with Gasteiger partial charge in [0.15, 0.2) is 0 Å². The van der Waals surface area contributed by atoms with E-state index in [1.807, 2.05) is 110 Å². The maximum absolute atomic E-state index is 11.7. The van der Waals surface area contributed by atoms with Gasteiger partial charge in [0.25, 0.3) is 0 Å². The average molecular weight is 617 g/mol. The van der Waals surface area contributed by atoms with Crippen molar-refractivity contribution in [2.75, 3.05) is 19.8 Å². The van der Waals surface area contributed by atoms with E-state index >= 15 is 0 Å². The lowest BCUT2D eigenvalue weighted by atomic mass is 9.83. The molecule has 0 radical (unpaired) electrons. The first kappa shape index (κ1) is 30.7.